The smallest absolute Gasteiger partial charge is 0.256 e. The molecule has 2 heterocycles. The normalized spacial score (nSPS) is 19.2. The van der Waals surface area contributed by atoms with Crippen LogP contribution in [-0.2, 0) is 6.54 Å². The summed E-state index contributed by atoms with van der Waals surface area (Å²) >= 11 is 0. The van der Waals surface area contributed by atoms with Gasteiger partial charge in [0.2, 0.25) is 0 Å². The predicted molar refractivity (Wildman–Crippen MR) is 118 cm³/mol. The highest BCUT2D eigenvalue weighted by atomic mass is 16.5. The van der Waals surface area contributed by atoms with Crippen molar-refractivity contribution in [3.8, 4) is 5.75 Å². The Hall–Kier alpha value is -2.01. The van der Waals surface area contributed by atoms with Gasteiger partial charge < -0.3 is 14.2 Å². The lowest BCUT2D eigenvalue weighted by Gasteiger charge is -2.36. The second-order valence-corrected chi connectivity index (χ2v) is 8.98. The third-order valence-corrected chi connectivity index (χ3v) is 6.82. The molecular formula is C24H35N3O2. The van der Waals surface area contributed by atoms with Gasteiger partial charge in [-0.3, -0.25) is 9.69 Å². The molecular weight excluding hydrogens is 362 g/mol. The molecule has 0 spiro atoms. The van der Waals surface area contributed by atoms with Crippen molar-refractivity contribution in [2.24, 2.45) is 5.92 Å². The Morgan fingerprint density at radius 1 is 1.10 bits per heavy atom. The second-order valence-electron chi connectivity index (χ2n) is 8.98. The maximum Gasteiger partial charge on any atom is 0.256 e. The lowest BCUT2D eigenvalue weighted by atomic mass is 9.89. The van der Waals surface area contributed by atoms with Crippen molar-refractivity contribution >= 4 is 16.8 Å². The molecule has 1 saturated carbocycles. The predicted octanol–water partition coefficient (Wildman–Crippen LogP) is 4.40. The van der Waals surface area contributed by atoms with Crippen molar-refractivity contribution in [2.75, 3.05) is 33.3 Å². The molecule has 0 bridgehead atoms. The summed E-state index contributed by atoms with van der Waals surface area (Å²) in [5.74, 6) is 1.72. The van der Waals surface area contributed by atoms with Crippen LogP contribution in [0.25, 0.3) is 10.9 Å². The molecule has 2 aliphatic rings. The van der Waals surface area contributed by atoms with Crippen LogP contribution in [-0.4, -0.2) is 59.6 Å². The van der Waals surface area contributed by atoms with E-state index in [-0.39, 0.29) is 5.91 Å². The van der Waals surface area contributed by atoms with Gasteiger partial charge in [-0.25, -0.2) is 0 Å². The largest absolute Gasteiger partial charge is 0.495 e. The second kappa shape index (κ2) is 8.78. The minimum atomic E-state index is 0.161. The van der Waals surface area contributed by atoms with E-state index in [0.29, 0.717) is 12.0 Å². The topological polar surface area (TPSA) is 37.7 Å². The molecule has 4 rings (SSSR count). The van der Waals surface area contributed by atoms with Crippen LogP contribution in [0.1, 0.15) is 56.3 Å². The number of aromatic nitrogens is 1. The molecule has 2 fully saturated rings. The minimum Gasteiger partial charge on any atom is -0.495 e. The number of fused-ring (bicyclic) bond motifs is 1. The van der Waals surface area contributed by atoms with Gasteiger partial charge in [0.25, 0.3) is 5.91 Å². The first-order valence-corrected chi connectivity index (χ1v) is 11.3. The van der Waals surface area contributed by atoms with E-state index in [1.54, 1.807) is 7.11 Å². The van der Waals surface area contributed by atoms with Crippen LogP contribution >= 0.6 is 0 Å². The van der Waals surface area contributed by atoms with Crippen molar-refractivity contribution in [1.29, 1.82) is 0 Å². The van der Waals surface area contributed by atoms with Crippen molar-refractivity contribution in [3.05, 3.63) is 30.0 Å². The monoisotopic (exact) mass is 397 g/mol. The summed E-state index contributed by atoms with van der Waals surface area (Å²) in [7, 11) is 1.72. The zero-order chi connectivity index (χ0) is 20.4. The first-order valence-electron chi connectivity index (χ1n) is 11.3. The van der Waals surface area contributed by atoms with E-state index < -0.39 is 0 Å². The molecule has 1 aliphatic heterocycles. The molecule has 158 valence electrons. The lowest BCUT2D eigenvalue weighted by Crippen LogP contribution is -2.50. The van der Waals surface area contributed by atoms with Gasteiger partial charge in [-0.1, -0.05) is 31.4 Å². The molecule has 0 radical (unpaired) electrons. The van der Waals surface area contributed by atoms with Crippen LogP contribution in [0.2, 0.25) is 0 Å². The number of hydrogen-bond acceptors (Lipinski definition) is 3. The van der Waals surface area contributed by atoms with Gasteiger partial charge in [-0.2, -0.15) is 0 Å². The fourth-order valence-electron chi connectivity index (χ4n) is 5.06. The summed E-state index contributed by atoms with van der Waals surface area (Å²) < 4.78 is 7.98. The van der Waals surface area contributed by atoms with Gasteiger partial charge >= 0.3 is 0 Å². The molecule has 1 aromatic carbocycles. The van der Waals surface area contributed by atoms with Gasteiger partial charge in [-0.15, -0.1) is 0 Å². The summed E-state index contributed by atoms with van der Waals surface area (Å²) in [6.45, 7) is 8.93. The average molecular weight is 398 g/mol. The zero-order valence-electron chi connectivity index (χ0n) is 18.2. The highest BCUT2D eigenvalue weighted by Crippen LogP contribution is 2.33. The summed E-state index contributed by atoms with van der Waals surface area (Å²) in [4.78, 5) is 17.9. The van der Waals surface area contributed by atoms with E-state index in [4.69, 9.17) is 4.74 Å². The van der Waals surface area contributed by atoms with Gasteiger partial charge in [0.15, 0.2) is 0 Å². The number of methoxy groups -OCH3 is 1. The Balaban J connectivity index is 1.63. The van der Waals surface area contributed by atoms with Gasteiger partial charge in [-0.05, 0) is 38.7 Å². The maximum absolute atomic E-state index is 13.4. The lowest BCUT2D eigenvalue weighted by molar-refractivity contribution is 0.0597. The molecule has 0 atom stereocenters. The van der Waals surface area contributed by atoms with E-state index >= 15 is 0 Å². The van der Waals surface area contributed by atoms with Crippen LogP contribution in [0.3, 0.4) is 0 Å². The van der Waals surface area contributed by atoms with Gasteiger partial charge in [0.05, 0.1) is 18.2 Å². The van der Waals surface area contributed by atoms with Gasteiger partial charge in [0.1, 0.15) is 5.75 Å². The number of nitrogens with zero attached hydrogens (tertiary/aromatic N) is 3. The molecule has 1 saturated heterocycles. The van der Waals surface area contributed by atoms with Crippen molar-refractivity contribution in [3.63, 3.8) is 0 Å². The first kappa shape index (κ1) is 20.3. The van der Waals surface area contributed by atoms with E-state index in [2.05, 4.69) is 35.6 Å². The van der Waals surface area contributed by atoms with E-state index in [0.717, 1.165) is 54.9 Å². The molecule has 29 heavy (non-hydrogen) atoms. The highest BCUT2D eigenvalue weighted by Gasteiger charge is 2.27. The van der Waals surface area contributed by atoms with Crippen LogP contribution < -0.4 is 4.74 Å². The number of rotatable bonds is 5. The van der Waals surface area contributed by atoms with Crippen LogP contribution in [0, 0.1) is 5.92 Å². The molecule has 5 nitrogen and oxygen atoms in total. The molecule has 5 heteroatoms. The third kappa shape index (κ3) is 4.16. The van der Waals surface area contributed by atoms with Crippen LogP contribution in [0.5, 0.6) is 5.75 Å². The number of hydrogen-bond donors (Lipinski definition) is 0. The Labute approximate surface area is 174 Å². The van der Waals surface area contributed by atoms with Crippen molar-refractivity contribution in [2.45, 2.75) is 58.5 Å². The number of piperazine rings is 1. The Morgan fingerprint density at radius 3 is 2.48 bits per heavy atom. The van der Waals surface area contributed by atoms with Crippen LogP contribution in [0.15, 0.2) is 24.4 Å². The highest BCUT2D eigenvalue weighted by molar-refractivity contribution is 6.08. The fourth-order valence-corrected chi connectivity index (χ4v) is 5.06. The Kier molecular flexibility index (Phi) is 6.14. The van der Waals surface area contributed by atoms with E-state index in [1.807, 2.05) is 17.0 Å². The molecule has 1 aromatic heterocycles. The summed E-state index contributed by atoms with van der Waals surface area (Å²) in [5.41, 5.74) is 1.90. The maximum atomic E-state index is 13.4. The summed E-state index contributed by atoms with van der Waals surface area (Å²) in [5, 5.41) is 1.02. The summed E-state index contributed by atoms with van der Waals surface area (Å²) in [6.07, 6.45) is 8.68. The minimum absolute atomic E-state index is 0.161. The van der Waals surface area contributed by atoms with Crippen molar-refractivity contribution in [1.82, 2.24) is 14.4 Å². The molecule has 1 aliphatic carbocycles. The molecule has 2 aromatic rings. The number of benzene rings is 1. The average Bonchev–Trinajstić information content (AvgIpc) is 3.12. The SMILES string of the molecule is COc1cccc2c(C(=O)N3CCN(C(C)C)CC3)cn(CC3CCCCC3)c12. The van der Waals surface area contributed by atoms with E-state index in [9.17, 15) is 4.79 Å². The number of amides is 1. The van der Waals surface area contributed by atoms with Crippen molar-refractivity contribution < 1.29 is 9.53 Å². The fraction of sp³-hybridized carbons (Fsp3) is 0.625. The number of carbonyl (C=O) groups is 1. The third-order valence-electron chi connectivity index (χ3n) is 6.82. The Morgan fingerprint density at radius 2 is 1.83 bits per heavy atom. The number of carbonyl (C=O) groups excluding carboxylic acids is 1. The standard InChI is InChI=1S/C24H35N3O2/c1-18(2)25-12-14-26(15-13-25)24(28)21-17-27(16-19-8-5-4-6-9-19)23-20(21)10-7-11-22(23)29-3/h7,10-11,17-19H,4-6,8-9,12-16H2,1-3H3. The number of para-hydroxylation sites is 1. The molecule has 0 unspecified atom stereocenters. The first-order chi connectivity index (χ1) is 14.1. The van der Waals surface area contributed by atoms with Crippen LogP contribution in [0.4, 0.5) is 0 Å². The molecule has 1 amide bonds. The number of ether oxygens (including phenoxy) is 1. The Bertz CT molecular complexity index is 843. The quantitative estimate of drug-likeness (QED) is 0.751. The van der Waals surface area contributed by atoms with E-state index in [1.165, 1.54) is 32.1 Å². The molecule has 0 N–H and O–H groups in total. The zero-order valence-corrected chi connectivity index (χ0v) is 18.2. The van der Waals surface area contributed by atoms with Gasteiger partial charge in [0, 0.05) is 50.3 Å². The summed E-state index contributed by atoms with van der Waals surface area (Å²) in [6, 6.07) is 6.62.